The van der Waals surface area contributed by atoms with Crippen LogP contribution < -0.4 is 5.43 Å². The van der Waals surface area contributed by atoms with E-state index < -0.39 is 23.0 Å². The van der Waals surface area contributed by atoms with Crippen molar-refractivity contribution in [1.82, 2.24) is 4.98 Å². The highest BCUT2D eigenvalue weighted by Gasteiger charge is 2.16. The highest BCUT2D eigenvalue weighted by Crippen LogP contribution is 2.15. The molecule has 0 aliphatic heterocycles. The molecular weight excluding hydrogens is 232 g/mol. The van der Waals surface area contributed by atoms with Crippen LogP contribution in [0.2, 0.25) is 0 Å². The Kier molecular flexibility index (Phi) is 2.63. The molecule has 1 heterocycles. The molecule has 0 fully saturated rings. The van der Waals surface area contributed by atoms with Gasteiger partial charge < -0.3 is 9.72 Å². The average molecular weight is 239 g/mol. The molecule has 2 rings (SSSR count). The molecule has 0 aliphatic carbocycles. The van der Waals surface area contributed by atoms with Gasteiger partial charge >= 0.3 is 5.97 Å². The van der Waals surface area contributed by atoms with Gasteiger partial charge in [-0.2, -0.15) is 0 Å². The first kappa shape index (κ1) is 11.3. The first-order valence-electron chi connectivity index (χ1n) is 4.63. The van der Waals surface area contributed by atoms with E-state index in [1.54, 1.807) is 0 Å². The number of hydrogen-bond acceptors (Lipinski definition) is 3. The van der Waals surface area contributed by atoms with Crippen LogP contribution >= 0.6 is 0 Å². The molecule has 17 heavy (non-hydrogen) atoms. The summed E-state index contributed by atoms with van der Waals surface area (Å²) < 4.78 is 30.7. The van der Waals surface area contributed by atoms with Crippen molar-refractivity contribution in [2.75, 3.05) is 7.11 Å². The SMILES string of the molecule is COC(=O)c1c[nH]c2cc(F)cc(F)c2c1=O. The molecule has 0 amide bonds. The monoisotopic (exact) mass is 239 g/mol. The van der Waals surface area contributed by atoms with Crippen LogP contribution in [-0.4, -0.2) is 18.1 Å². The fraction of sp³-hybridized carbons (Fsp3) is 0.0909. The number of methoxy groups -OCH3 is 1. The number of benzene rings is 1. The molecule has 1 aromatic carbocycles. The Hall–Kier alpha value is -2.24. The van der Waals surface area contributed by atoms with Gasteiger partial charge in [-0.3, -0.25) is 4.79 Å². The number of pyridine rings is 1. The number of carbonyl (C=O) groups excluding carboxylic acids is 1. The lowest BCUT2D eigenvalue weighted by molar-refractivity contribution is 0.0599. The second-order valence-corrected chi connectivity index (χ2v) is 3.33. The number of carbonyl (C=O) groups is 1. The Labute approximate surface area is 93.8 Å². The lowest BCUT2D eigenvalue weighted by Gasteiger charge is -2.02. The van der Waals surface area contributed by atoms with Gasteiger partial charge in [0.05, 0.1) is 18.0 Å². The molecule has 4 nitrogen and oxygen atoms in total. The summed E-state index contributed by atoms with van der Waals surface area (Å²) in [5.41, 5.74) is -1.17. The third-order valence-corrected chi connectivity index (χ3v) is 2.30. The van der Waals surface area contributed by atoms with E-state index in [1.807, 2.05) is 0 Å². The van der Waals surface area contributed by atoms with Crippen LogP contribution in [-0.2, 0) is 4.74 Å². The van der Waals surface area contributed by atoms with Gasteiger partial charge in [-0.05, 0) is 6.07 Å². The highest BCUT2D eigenvalue weighted by atomic mass is 19.1. The predicted molar refractivity (Wildman–Crippen MR) is 55.8 cm³/mol. The number of aromatic amines is 1. The number of nitrogens with one attached hydrogen (secondary N) is 1. The van der Waals surface area contributed by atoms with E-state index in [0.717, 1.165) is 19.4 Å². The average Bonchev–Trinajstić information content (AvgIpc) is 2.27. The Morgan fingerprint density at radius 1 is 1.35 bits per heavy atom. The van der Waals surface area contributed by atoms with Crippen LogP contribution in [0.15, 0.2) is 23.1 Å². The maximum absolute atomic E-state index is 13.4. The van der Waals surface area contributed by atoms with Gasteiger partial charge in [-0.1, -0.05) is 0 Å². The standard InChI is InChI=1S/C11H7F2NO3/c1-17-11(16)6-4-14-8-3-5(12)2-7(13)9(8)10(6)15/h2-4H,1H3,(H,14,15). The fourth-order valence-electron chi connectivity index (χ4n) is 1.53. The molecule has 0 saturated heterocycles. The number of hydrogen-bond donors (Lipinski definition) is 1. The van der Waals surface area contributed by atoms with Gasteiger partial charge in [-0.15, -0.1) is 0 Å². The number of fused-ring (bicyclic) bond motifs is 1. The van der Waals surface area contributed by atoms with Crippen molar-refractivity contribution in [3.8, 4) is 0 Å². The Morgan fingerprint density at radius 2 is 2.06 bits per heavy atom. The number of aromatic nitrogens is 1. The van der Waals surface area contributed by atoms with Gasteiger partial charge in [0.2, 0.25) is 5.43 Å². The minimum Gasteiger partial charge on any atom is -0.465 e. The van der Waals surface area contributed by atoms with E-state index in [1.165, 1.54) is 0 Å². The molecule has 1 N–H and O–H groups in total. The second kappa shape index (κ2) is 3.97. The van der Waals surface area contributed by atoms with Crippen molar-refractivity contribution in [1.29, 1.82) is 0 Å². The largest absolute Gasteiger partial charge is 0.465 e. The van der Waals surface area contributed by atoms with Crippen molar-refractivity contribution in [2.24, 2.45) is 0 Å². The second-order valence-electron chi connectivity index (χ2n) is 3.33. The van der Waals surface area contributed by atoms with Crippen molar-refractivity contribution in [3.63, 3.8) is 0 Å². The lowest BCUT2D eigenvalue weighted by atomic mass is 10.1. The summed E-state index contributed by atoms with van der Waals surface area (Å²) in [5.74, 6) is -2.71. The molecular formula is C11H7F2NO3. The van der Waals surface area contributed by atoms with Crippen LogP contribution in [0.3, 0.4) is 0 Å². The number of rotatable bonds is 1. The van der Waals surface area contributed by atoms with E-state index >= 15 is 0 Å². The number of esters is 1. The van der Waals surface area contributed by atoms with E-state index in [0.29, 0.717) is 6.07 Å². The zero-order valence-electron chi connectivity index (χ0n) is 8.71. The number of halogens is 2. The lowest BCUT2D eigenvalue weighted by Crippen LogP contribution is -2.18. The van der Waals surface area contributed by atoms with Crippen molar-refractivity contribution in [2.45, 2.75) is 0 Å². The zero-order chi connectivity index (χ0) is 12.6. The third-order valence-electron chi connectivity index (χ3n) is 2.30. The normalized spacial score (nSPS) is 10.5. The highest BCUT2D eigenvalue weighted by molar-refractivity contribution is 5.93. The van der Waals surface area contributed by atoms with Crippen LogP contribution in [0.4, 0.5) is 8.78 Å². The maximum atomic E-state index is 13.4. The van der Waals surface area contributed by atoms with Crippen LogP contribution in [0.1, 0.15) is 10.4 Å². The summed E-state index contributed by atoms with van der Waals surface area (Å²) in [7, 11) is 1.10. The first-order valence-corrected chi connectivity index (χ1v) is 4.63. The Bertz CT molecular complexity index is 664. The van der Waals surface area contributed by atoms with Crippen LogP contribution in [0.25, 0.3) is 10.9 Å². The predicted octanol–water partition coefficient (Wildman–Crippen LogP) is 1.59. The van der Waals surface area contributed by atoms with E-state index in [9.17, 15) is 18.4 Å². The zero-order valence-corrected chi connectivity index (χ0v) is 8.71. The summed E-state index contributed by atoms with van der Waals surface area (Å²) in [6, 6.07) is 1.56. The Morgan fingerprint density at radius 3 is 2.71 bits per heavy atom. The van der Waals surface area contributed by atoms with Crippen molar-refractivity contribution in [3.05, 3.63) is 45.8 Å². The molecule has 0 unspecified atom stereocenters. The molecule has 0 radical (unpaired) electrons. The smallest absolute Gasteiger partial charge is 0.343 e. The number of H-pyrrole nitrogens is 1. The Balaban J connectivity index is 2.85. The van der Waals surface area contributed by atoms with Crippen molar-refractivity contribution >= 4 is 16.9 Å². The van der Waals surface area contributed by atoms with Gasteiger partial charge in [0.25, 0.3) is 0 Å². The van der Waals surface area contributed by atoms with Crippen LogP contribution in [0.5, 0.6) is 0 Å². The molecule has 0 saturated carbocycles. The number of ether oxygens (including phenoxy) is 1. The molecule has 0 aliphatic rings. The van der Waals surface area contributed by atoms with Gasteiger partial charge in [0, 0.05) is 12.3 Å². The molecule has 2 aromatic rings. The summed E-state index contributed by atoms with van der Waals surface area (Å²) in [5, 5.41) is -0.366. The third kappa shape index (κ3) is 1.77. The first-order chi connectivity index (χ1) is 8.04. The summed E-state index contributed by atoms with van der Waals surface area (Å²) in [6.07, 6.45) is 1.06. The van der Waals surface area contributed by atoms with Gasteiger partial charge in [0.15, 0.2) is 0 Å². The summed E-state index contributed by atoms with van der Waals surface area (Å²) in [4.78, 5) is 25.5. The van der Waals surface area contributed by atoms with E-state index in [2.05, 4.69) is 9.72 Å². The molecule has 0 spiro atoms. The van der Waals surface area contributed by atoms with Crippen LogP contribution in [0, 0.1) is 11.6 Å². The minimum absolute atomic E-state index is 0.0137. The maximum Gasteiger partial charge on any atom is 0.343 e. The molecule has 6 heteroatoms. The minimum atomic E-state index is -1.02. The van der Waals surface area contributed by atoms with E-state index in [-0.39, 0.29) is 16.5 Å². The molecule has 1 aromatic heterocycles. The van der Waals surface area contributed by atoms with Crippen molar-refractivity contribution < 1.29 is 18.3 Å². The topological polar surface area (TPSA) is 59.2 Å². The molecule has 88 valence electrons. The van der Waals surface area contributed by atoms with Gasteiger partial charge in [0.1, 0.15) is 17.2 Å². The summed E-state index contributed by atoms with van der Waals surface area (Å²) in [6.45, 7) is 0. The fourth-order valence-corrected chi connectivity index (χ4v) is 1.53. The van der Waals surface area contributed by atoms with E-state index in [4.69, 9.17) is 0 Å². The quantitative estimate of drug-likeness (QED) is 0.769. The molecule has 0 bridgehead atoms. The molecule has 0 atom stereocenters. The van der Waals surface area contributed by atoms with Gasteiger partial charge in [-0.25, -0.2) is 13.6 Å². The summed E-state index contributed by atoms with van der Waals surface area (Å²) >= 11 is 0.